The minimum atomic E-state index is -0.319. The van der Waals surface area contributed by atoms with E-state index < -0.39 is 0 Å². The Morgan fingerprint density at radius 1 is 1.47 bits per heavy atom. The van der Waals surface area contributed by atoms with Gasteiger partial charge in [-0.15, -0.1) is 23.2 Å². The molecule has 0 fully saturated rings. The molecule has 0 saturated heterocycles. The summed E-state index contributed by atoms with van der Waals surface area (Å²) >= 11 is 15.2. The Morgan fingerprint density at radius 3 is 2.60 bits per heavy atom. The maximum absolute atomic E-state index is 5.92. The van der Waals surface area contributed by atoms with E-state index in [1.54, 1.807) is 6.20 Å². The zero-order valence-electron chi connectivity index (χ0n) is 8.30. The van der Waals surface area contributed by atoms with Crippen molar-refractivity contribution in [3.8, 4) is 0 Å². The summed E-state index contributed by atoms with van der Waals surface area (Å²) in [5, 5.41) is 3.25. The predicted molar refractivity (Wildman–Crippen MR) is 67.8 cm³/mol. The molecule has 1 N–H and O–H groups in total. The zero-order valence-corrected chi connectivity index (χ0v) is 11.4. The molecule has 0 radical (unpaired) electrons. The van der Waals surface area contributed by atoms with Gasteiger partial charge in [0.1, 0.15) is 12.1 Å². The summed E-state index contributed by atoms with van der Waals surface area (Å²) in [6.07, 6.45) is 3.99. The van der Waals surface area contributed by atoms with Gasteiger partial charge in [-0.05, 0) is 22.4 Å². The molecule has 1 rings (SSSR count). The number of nitrogens with zero attached hydrogens (tertiary/aromatic N) is 2. The fourth-order valence-electron chi connectivity index (χ4n) is 1.04. The van der Waals surface area contributed by atoms with Crippen molar-refractivity contribution in [1.82, 2.24) is 9.97 Å². The van der Waals surface area contributed by atoms with Crippen LogP contribution in [-0.2, 0) is 0 Å². The molecule has 1 heterocycles. The molecule has 0 saturated carbocycles. The highest BCUT2D eigenvalue weighted by Crippen LogP contribution is 2.25. The van der Waals surface area contributed by atoms with Crippen molar-refractivity contribution in [1.29, 1.82) is 0 Å². The molecular weight excluding hydrogens is 301 g/mol. The Bertz CT molecular complexity index is 310. The Hall–Kier alpha value is -0.0600. The molecule has 15 heavy (non-hydrogen) atoms. The van der Waals surface area contributed by atoms with Gasteiger partial charge in [0.2, 0.25) is 0 Å². The molecule has 0 aliphatic carbocycles. The fraction of sp³-hybridized carbons (Fsp3) is 0.556. The first-order chi connectivity index (χ1) is 7.17. The van der Waals surface area contributed by atoms with Crippen molar-refractivity contribution < 1.29 is 0 Å². The number of nitrogens with one attached hydrogen (secondary N) is 1. The largest absolute Gasteiger partial charge is 0.361 e. The maximum Gasteiger partial charge on any atom is 0.144 e. The molecule has 0 bridgehead atoms. The van der Waals surface area contributed by atoms with Gasteiger partial charge in [-0.25, -0.2) is 9.97 Å². The van der Waals surface area contributed by atoms with E-state index >= 15 is 0 Å². The van der Waals surface area contributed by atoms with E-state index in [4.69, 9.17) is 23.2 Å². The molecule has 0 amide bonds. The SMILES string of the molecule is CCC(CCl)(CCl)Nc1ncncc1Br. The summed E-state index contributed by atoms with van der Waals surface area (Å²) in [6, 6.07) is 0. The summed E-state index contributed by atoms with van der Waals surface area (Å²) in [6.45, 7) is 2.03. The number of rotatable bonds is 5. The second kappa shape index (κ2) is 5.87. The van der Waals surface area contributed by atoms with Gasteiger partial charge < -0.3 is 5.32 Å². The molecule has 0 aliphatic heterocycles. The quantitative estimate of drug-likeness (QED) is 0.848. The van der Waals surface area contributed by atoms with E-state index in [0.29, 0.717) is 17.6 Å². The molecule has 6 heteroatoms. The fourth-order valence-corrected chi connectivity index (χ4v) is 2.15. The molecule has 0 aromatic carbocycles. The summed E-state index contributed by atoms with van der Waals surface area (Å²) in [4.78, 5) is 8.01. The van der Waals surface area contributed by atoms with Crippen LogP contribution in [0.2, 0.25) is 0 Å². The van der Waals surface area contributed by atoms with Crippen LogP contribution in [-0.4, -0.2) is 27.3 Å². The second-order valence-corrected chi connectivity index (χ2v) is 4.63. The number of halogens is 3. The number of alkyl halides is 2. The second-order valence-electron chi connectivity index (χ2n) is 3.25. The predicted octanol–water partition coefficient (Wildman–Crippen LogP) is 3.28. The maximum atomic E-state index is 5.92. The van der Waals surface area contributed by atoms with Crippen molar-refractivity contribution in [2.75, 3.05) is 17.1 Å². The first kappa shape index (κ1) is 13.0. The molecule has 3 nitrogen and oxygen atoms in total. The van der Waals surface area contributed by atoms with Crippen molar-refractivity contribution in [3.63, 3.8) is 0 Å². The monoisotopic (exact) mass is 311 g/mol. The smallest absolute Gasteiger partial charge is 0.144 e. The van der Waals surface area contributed by atoms with E-state index in [1.165, 1.54) is 6.33 Å². The molecule has 0 spiro atoms. The van der Waals surface area contributed by atoms with Gasteiger partial charge in [-0.1, -0.05) is 6.92 Å². The van der Waals surface area contributed by atoms with Crippen molar-refractivity contribution in [2.24, 2.45) is 0 Å². The van der Waals surface area contributed by atoms with Gasteiger partial charge in [-0.3, -0.25) is 0 Å². The number of hydrogen-bond acceptors (Lipinski definition) is 3. The highest BCUT2D eigenvalue weighted by molar-refractivity contribution is 9.10. The van der Waals surface area contributed by atoms with Crippen LogP contribution in [0.3, 0.4) is 0 Å². The average Bonchev–Trinajstić information content (AvgIpc) is 2.29. The Labute approximate surface area is 108 Å². The van der Waals surface area contributed by atoms with E-state index in [9.17, 15) is 0 Å². The third kappa shape index (κ3) is 3.20. The van der Waals surface area contributed by atoms with Crippen molar-refractivity contribution in [3.05, 3.63) is 17.0 Å². The first-order valence-corrected chi connectivity index (χ1v) is 6.39. The van der Waals surface area contributed by atoms with Gasteiger partial charge in [0.15, 0.2) is 0 Å². The van der Waals surface area contributed by atoms with Gasteiger partial charge >= 0.3 is 0 Å². The molecule has 0 unspecified atom stereocenters. The lowest BCUT2D eigenvalue weighted by Crippen LogP contribution is -2.42. The number of anilines is 1. The Kier molecular flexibility index (Phi) is 5.09. The number of aromatic nitrogens is 2. The highest BCUT2D eigenvalue weighted by atomic mass is 79.9. The molecular formula is C9H12BrCl2N3. The lowest BCUT2D eigenvalue weighted by atomic mass is 10.0. The molecule has 84 valence electrons. The molecule has 1 aromatic rings. The molecule has 0 aliphatic rings. The highest BCUT2D eigenvalue weighted by Gasteiger charge is 2.27. The van der Waals surface area contributed by atoms with E-state index in [0.717, 1.165) is 10.9 Å². The standard InChI is InChI=1S/C9H12BrCl2N3/c1-2-9(4-11,5-12)15-8-7(10)3-13-6-14-8/h3,6H,2,4-5H2,1H3,(H,13,14,15). The topological polar surface area (TPSA) is 37.8 Å². The van der Waals surface area contributed by atoms with Crippen LogP contribution in [0, 0.1) is 0 Å². The molecule has 0 atom stereocenters. The van der Waals surface area contributed by atoms with Crippen LogP contribution in [0.4, 0.5) is 5.82 Å². The zero-order chi connectivity index (χ0) is 11.3. The average molecular weight is 313 g/mol. The van der Waals surface area contributed by atoms with E-state index in [1.807, 2.05) is 6.92 Å². The lowest BCUT2D eigenvalue weighted by molar-refractivity contribution is 0.557. The first-order valence-electron chi connectivity index (χ1n) is 4.53. The van der Waals surface area contributed by atoms with Gasteiger partial charge in [-0.2, -0.15) is 0 Å². The van der Waals surface area contributed by atoms with Crippen LogP contribution in [0.25, 0.3) is 0 Å². The normalized spacial score (nSPS) is 11.5. The van der Waals surface area contributed by atoms with Crippen LogP contribution in [0.15, 0.2) is 17.0 Å². The van der Waals surface area contributed by atoms with Crippen LogP contribution in [0.5, 0.6) is 0 Å². The minimum absolute atomic E-state index is 0.319. The van der Waals surface area contributed by atoms with Crippen molar-refractivity contribution in [2.45, 2.75) is 18.9 Å². The van der Waals surface area contributed by atoms with Gasteiger partial charge in [0, 0.05) is 18.0 Å². The van der Waals surface area contributed by atoms with E-state index in [-0.39, 0.29) is 5.54 Å². The van der Waals surface area contributed by atoms with Gasteiger partial charge in [0.25, 0.3) is 0 Å². The third-order valence-electron chi connectivity index (χ3n) is 2.24. The summed E-state index contributed by atoms with van der Waals surface area (Å²) in [7, 11) is 0. The van der Waals surface area contributed by atoms with Gasteiger partial charge in [0.05, 0.1) is 10.0 Å². The number of hydrogen-bond donors (Lipinski definition) is 1. The molecule has 1 aromatic heterocycles. The van der Waals surface area contributed by atoms with E-state index in [2.05, 4.69) is 31.2 Å². The lowest BCUT2D eigenvalue weighted by Gasteiger charge is -2.30. The summed E-state index contributed by atoms with van der Waals surface area (Å²) in [5.41, 5.74) is -0.319. The summed E-state index contributed by atoms with van der Waals surface area (Å²) in [5.74, 6) is 1.58. The van der Waals surface area contributed by atoms with Crippen LogP contribution >= 0.6 is 39.1 Å². The Morgan fingerprint density at radius 2 is 2.13 bits per heavy atom. The van der Waals surface area contributed by atoms with Crippen LogP contribution in [0.1, 0.15) is 13.3 Å². The van der Waals surface area contributed by atoms with Crippen molar-refractivity contribution >= 4 is 44.9 Å². The third-order valence-corrected chi connectivity index (χ3v) is 3.84. The van der Waals surface area contributed by atoms with Crippen LogP contribution < -0.4 is 5.32 Å². The minimum Gasteiger partial charge on any atom is -0.361 e. The summed E-state index contributed by atoms with van der Waals surface area (Å²) < 4.78 is 0.804. The Balaban J connectivity index is 2.88.